The molecular formula is C12H7F2NO. The van der Waals surface area contributed by atoms with Gasteiger partial charge in [0.2, 0.25) is 0 Å². The molecule has 0 radical (unpaired) electrons. The van der Waals surface area contributed by atoms with Crippen LogP contribution in [0.3, 0.4) is 0 Å². The quantitative estimate of drug-likeness (QED) is 0.597. The third-order valence-corrected chi connectivity index (χ3v) is 2.63. The van der Waals surface area contributed by atoms with Gasteiger partial charge in [0.15, 0.2) is 0 Å². The molecule has 3 rings (SSSR count). The average molecular weight is 219 g/mol. The molecule has 0 saturated heterocycles. The van der Waals surface area contributed by atoms with Crippen LogP contribution >= 0.6 is 0 Å². The summed E-state index contributed by atoms with van der Waals surface area (Å²) in [6.07, 6.45) is 0. The van der Waals surface area contributed by atoms with E-state index in [1.54, 1.807) is 12.1 Å². The molecule has 0 atom stereocenters. The van der Waals surface area contributed by atoms with E-state index < -0.39 is 11.6 Å². The van der Waals surface area contributed by atoms with Gasteiger partial charge in [-0.1, -0.05) is 12.1 Å². The minimum Gasteiger partial charge on any atom is -0.506 e. The van der Waals surface area contributed by atoms with Crippen molar-refractivity contribution in [2.75, 3.05) is 0 Å². The molecule has 1 aromatic heterocycles. The Morgan fingerprint density at radius 3 is 2.75 bits per heavy atom. The Balaban J connectivity index is 2.61. The first-order valence-electron chi connectivity index (χ1n) is 4.75. The van der Waals surface area contributed by atoms with E-state index >= 15 is 0 Å². The van der Waals surface area contributed by atoms with Gasteiger partial charge in [-0.2, -0.15) is 0 Å². The predicted octanol–water partition coefficient (Wildman–Crippen LogP) is 3.30. The van der Waals surface area contributed by atoms with Crippen LogP contribution in [0.2, 0.25) is 0 Å². The van der Waals surface area contributed by atoms with E-state index in [4.69, 9.17) is 0 Å². The van der Waals surface area contributed by atoms with Gasteiger partial charge in [-0.25, -0.2) is 8.78 Å². The highest BCUT2D eigenvalue weighted by atomic mass is 19.1. The van der Waals surface area contributed by atoms with Gasteiger partial charge < -0.3 is 10.1 Å². The first kappa shape index (κ1) is 9.15. The minimum atomic E-state index is -0.643. The zero-order valence-electron chi connectivity index (χ0n) is 8.09. The largest absolute Gasteiger partial charge is 0.506 e. The van der Waals surface area contributed by atoms with E-state index in [0.717, 1.165) is 6.07 Å². The summed E-state index contributed by atoms with van der Waals surface area (Å²) in [5.74, 6) is -1.25. The second-order valence-electron chi connectivity index (χ2n) is 3.63. The Bertz CT molecular complexity index is 703. The van der Waals surface area contributed by atoms with Crippen molar-refractivity contribution < 1.29 is 13.9 Å². The van der Waals surface area contributed by atoms with Crippen molar-refractivity contribution in [3.05, 3.63) is 42.0 Å². The van der Waals surface area contributed by atoms with Gasteiger partial charge in [-0.3, -0.25) is 0 Å². The number of phenols is 1. The molecule has 0 bridgehead atoms. The normalized spacial score (nSPS) is 11.4. The van der Waals surface area contributed by atoms with E-state index in [9.17, 15) is 13.9 Å². The number of para-hydroxylation sites is 1. The van der Waals surface area contributed by atoms with Gasteiger partial charge in [0.25, 0.3) is 0 Å². The van der Waals surface area contributed by atoms with Crippen molar-refractivity contribution in [3.63, 3.8) is 0 Å². The number of fused-ring (bicyclic) bond motifs is 3. The number of hydrogen-bond acceptors (Lipinski definition) is 1. The number of nitrogens with one attached hydrogen (secondary N) is 1. The number of aromatic hydroxyl groups is 1. The molecule has 16 heavy (non-hydrogen) atoms. The monoisotopic (exact) mass is 219 g/mol. The Kier molecular flexibility index (Phi) is 1.68. The van der Waals surface area contributed by atoms with Crippen molar-refractivity contribution in [1.82, 2.24) is 4.98 Å². The first-order valence-corrected chi connectivity index (χ1v) is 4.75. The van der Waals surface area contributed by atoms with Gasteiger partial charge >= 0.3 is 0 Å². The van der Waals surface area contributed by atoms with Gasteiger partial charge in [-0.05, 0) is 12.1 Å². The van der Waals surface area contributed by atoms with Crippen LogP contribution in [-0.4, -0.2) is 10.1 Å². The first-order chi connectivity index (χ1) is 7.66. The fourth-order valence-corrected chi connectivity index (χ4v) is 1.96. The number of phenolic OH excluding ortho intramolecular Hbond substituents is 1. The molecule has 2 nitrogen and oxygen atoms in total. The molecule has 3 aromatic rings. The van der Waals surface area contributed by atoms with E-state index in [2.05, 4.69) is 4.98 Å². The summed E-state index contributed by atoms with van der Waals surface area (Å²) in [5.41, 5.74) is 0.760. The number of benzene rings is 2. The third kappa shape index (κ3) is 1.10. The summed E-state index contributed by atoms with van der Waals surface area (Å²) in [6.45, 7) is 0. The highest BCUT2D eigenvalue weighted by molar-refractivity contribution is 6.09. The zero-order chi connectivity index (χ0) is 11.3. The lowest BCUT2D eigenvalue weighted by atomic mass is 10.1. The number of hydrogen-bond donors (Lipinski definition) is 2. The molecule has 1 heterocycles. The number of aromatic amines is 1. The van der Waals surface area contributed by atoms with Crippen molar-refractivity contribution in [2.24, 2.45) is 0 Å². The third-order valence-electron chi connectivity index (χ3n) is 2.63. The van der Waals surface area contributed by atoms with E-state index in [-0.39, 0.29) is 5.75 Å². The molecule has 0 saturated carbocycles. The predicted molar refractivity (Wildman–Crippen MR) is 57.4 cm³/mol. The summed E-state index contributed by atoms with van der Waals surface area (Å²) in [5, 5.41) is 10.4. The van der Waals surface area contributed by atoms with Gasteiger partial charge in [0, 0.05) is 16.8 Å². The van der Waals surface area contributed by atoms with Crippen LogP contribution < -0.4 is 0 Å². The van der Waals surface area contributed by atoms with Crippen LogP contribution in [-0.2, 0) is 0 Å². The number of rotatable bonds is 0. The molecule has 0 fully saturated rings. The fraction of sp³-hybridized carbons (Fsp3) is 0. The Hall–Kier alpha value is -2.10. The van der Waals surface area contributed by atoms with Crippen molar-refractivity contribution in [2.45, 2.75) is 0 Å². The van der Waals surface area contributed by atoms with Crippen LogP contribution in [0.1, 0.15) is 0 Å². The standard InChI is InChI=1S/C12H7F2NO/c13-6-4-8(14)11-7-2-1-3-10(16)12(7)15-9(11)5-6/h1-5,15-16H. The molecule has 2 N–H and O–H groups in total. The summed E-state index contributed by atoms with van der Waals surface area (Å²) < 4.78 is 26.6. The summed E-state index contributed by atoms with van der Waals surface area (Å²) in [4.78, 5) is 2.80. The molecule has 4 heteroatoms. The number of H-pyrrole nitrogens is 1. The molecule has 2 aromatic carbocycles. The smallest absolute Gasteiger partial charge is 0.139 e. The van der Waals surface area contributed by atoms with Crippen LogP contribution in [0.4, 0.5) is 8.78 Å². The van der Waals surface area contributed by atoms with Crippen LogP contribution in [0.5, 0.6) is 5.75 Å². The molecule has 0 aliphatic carbocycles. The maximum absolute atomic E-state index is 13.6. The molecular weight excluding hydrogens is 212 g/mol. The minimum absolute atomic E-state index is 0.0218. The van der Waals surface area contributed by atoms with E-state index in [1.165, 1.54) is 12.1 Å². The van der Waals surface area contributed by atoms with Crippen LogP contribution in [0, 0.1) is 11.6 Å². The summed E-state index contributed by atoms with van der Waals surface area (Å²) in [6, 6.07) is 6.83. The Morgan fingerprint density at radius 1 is 1.12 bits per heavy atom. The SMILES string of the molecule is Oc1cccc2c1[nH]c1cc(F)cc(F)c12. The summed E-state index contributed by atoms with van der Waals surface area (Å²) >= 11 is 0. The Morgan fingerprint density at radius 2 is 1.94 bits per heavy atom. The maximum Gasteiger partial charge on any atom is 0.139 e. The van der Waals surface area contributed by atoms with Gasteiger partial charge in [0.1, 0.15) is 17.4 Å². The second-order valence-corrected chi connectivity index (χ2v) is 3.63. The molecule has 80 valence electrons. The lowest BCUT2D eigenvalue weighted by molar-refractivity contribution is 0.480. The fourth-order valence-electron chi connectivity index (χ4n) is 1.96. The highest BCUT2D eigenvalue weighted by Gasteiger charge is 2.12. The van der Waals surface area contributed by atoms with E-state index in [1.807, 2.05) is 0 Å². The number of aromatic nitrogens is 1. The highest BCUT2D eigenvalue weighted by Crippen LogP contribution is 2.32. The van der Waals surface area contributed by atoms with Crippen LogP contribution in [0.25, 0.3) is 21.8 Å². The molecule has 0 spiro atoms. The van der Waals surface area contributed by atoms with Crippen molar-refractivity contribution >= 4 is 21.8 Å². The molecule has 0 aliphatic heterocycles. The van der Waals surface area contributed by atoms with E-state index in [0.29, 0.717) is 21.8 Å². The van der Waals surface area contributed by atoms with Crippen LogP contribution in [0.15, 0.2) is 30.3 Å². The lowest BCUT2D eigenvalue weighted by Crippen LogP contribution is -1.80. The number of halogens is 2. The topological polar surface area (TPSA) is 36.0 Å². The molecule has 0 unspecified atom stereocenters. The molecule has 0 amide bonds. The Labute approximate surface area is 89.1 Å². The summed E-state index contributed by atoms with van der Waals surface area (Å²) in [7, 11) is 0. The van der Waals surface area contributed by atoms with Crippen molar-refractivity contribution in [1.29, 1.82) is 0 Å². The van der Waals surface area contributed by atoms with Gasteiger partial charge in [0.05, 0.1) is 11.0 Å². The molecule has 0 aliphatic rings. The van der Waals surface area contributed by atoms with Crippen molar-refractivity contribution in [3.8, 4) is 5.75 Å². The maximum atomic E-state index is 13.6. The zero-order valence-corrected chi connectivity index (χ0v) is 8.09. The lowest BCUT2D eigenvalue weighted by Gasteiger charge is -1.95. The second kappa shape index (κ2) is 2.95. The average Bonchev–Trinajstić information content (AvgIpc) is 2.57. The van der Waals surface area contributed by atoms with Gasteiger partial charge in [-0.15, -0.1) is 0 Å².